The van der Waals surface area contributed by atoms with E-state index in [0.29, 0.717) is 11.5 Å². The van der Waals surface area contributed by atoms with Gasteiger partial charge in [-0.05, 0) is 48.6 Å². The van der Waals surface area contributed by atoms with Crippen LogP contribution in [-0.2, 0) is 0 Å². The summed E-state index contributed by atoms with van der Waals surface area (Å²) in [7, 11) is 0. The van der Waals surface area contributed by atoms with Crippen LogP contribution in [0.15, 0.2) is 42.6 Å². The third-order valence-electron chi connectivity index (χ3n) is 4.63. The number of nitrogens with zero attached hydrogens (tertiary/aromatic N) is 3. The molecule has 1 aromatic carbocycles. The number of hydrogen-bond donors (Lipinski definition) is 0. The van der Waals surface area contributed by atoms with Crippen LogP contribution in [0.5, 0.6) is 0 Å². The van der Waals surface area contributed by atoms with Crippen molar-refractivity contribution < 1.29 is 4.39 Å². The number of anilines is 1. The summed E-state index contributed by atoms with van der Waals surface area (Å²) < 4.78 is 13.6. The largest absolute Gasteiger partial charge is 0.370 e. The van der Waals surface area contributed by atoms with Gasteiger partial charge in [0.15, 0.2) is 0 Å². The molecule has 1 saturated carbocycles. The van der Waals surface area contributed by atoms with Crippen molar-refractivity contribution in [3.63, 3.8) is 0 Å². The van der Waals surface area contributed by atoms with E-state index < -0.39 is 0 Å². The monoisotopic (exact) mass is 303 g/mol. The topological polar surface area (TPSA) is 39.9 Å². The predicted molar refractivity (Wildman–Crippen MR) is 85.0 cm³/mol. The van der Waals surface area contributed by atoms with Gasteiger partial charge in [-0.15, -0.1) is 0 Å². The first-order valence-electron chi connectivity index (χ1n) is 7.58. The molecule has 2 aliphatic rings. The van der Waals surface area contributed by atoms with Crippen LogP contribution in [-0.4, -0.2) is 18.1 Å². The Hall–Kier alpha value is -2.85. The third kappa shape index (κ3) is 2.53. The second-order valence-corrected chi connectivity index (χ2v) is 6.21. The molecule has 0 amide bonds. The molecule has 0 radical (unpaired) electrons. The minimum absolute atomic E-state index is 0.00333. The van der Waals surface area contributed by atoms with Gasteiger partial charge in [0.05, 0.1) is 17.0 Å². The molecule has 1 aromatic heterocycles. The van der Waals surface area contributed by atoms with Gasteiger partial charge in [0.1, 0.15) is 11.5 Å². The number of fused-ring (bicyclic) bond motifs is 1. The third-order valence-corrected chi connectivity index (χ3v) is 4.63. The van der Waals surface area contributed by atoms with E-state index in [2.05, 4.69) is 21.7 Å². The number of hydrogen-bond acceptors (Lipinski definition) is 3. The molecule has 1 aliphatic carbocycles. The van der Waals surface area contributed by atoms with Crippen molar-refractivity contribution in [2.75, 3.05) is 18.0 Å². The average Bonchev–Trinajstić information content (AvgIpc) is 3.14. The van der Waals surface area contributed by atoms with Crippen LogP contribution >= 0.6 is 0 Å². The first kappa shape index (κ1) is 13.8. The van der Waals surface area contributed by atoms with Crippen LogP contribution in [0.1, 0.15) is 17.7 Å². The lowest BCUT2D eigenvalue weighted by Gasteiger charge is -2.21. The van der Waals surface area contributed by atoms with Crippen molar-refractivity contribution in [3.8, 4) is 17.9 Å². The van der Waals surface area contributed by atoms with E-state index in [9.17, 15) is 4.39 Å². The molecule has 2 fully saturated rings. The zero-order chi connectivity index (χ0) is 15.9. The Morgan fingerprint density at radius 1 is 1.30 bits per heavy atom. The minimum atomic E-state index is -0.367. The van der Waals surface area contributed by atoms with Gasteiger partial charge in [0.2, 0.25) is 0 Å². The first-order chi connectivity index (χ1) is 11.2. The SMILES string of the molecule is N#Cc1cc(F)cc(N2CC3CC3(C#Cc3ccccn3)C2)c1. The molecule has 4 heteroatoms. The van der Waals surface area contributed by atoms with Gasteiger partial charge in [-0.25, -0.2) is 9.37 Å². The summed E-state index contributed by atoms with van der Waals surface area (Å²) in [6.07, 6.45) is 2.83. The van der Waals surface area contributed by atoms with Gasteiger partial charge < -0.3 is 4.90 Å². The number of benzene rings is 1. The molecule has 3 nitrogen and oxygen atoms in total. The van der Waals surface area contributed by atoms with Crippen LogP contribution in [0.2, 0.25) is 0 Å². The molecule has 0 spiro atoms. The van der Waals surface area contributed by atoms with Gasteiger partial charge in [-0.1, -0.05) is 12.0 Å². The summed E-state index contributed by atoms with van der Waals surface area (Å²) in [4.78, 5) is 6.36. The Kier molecular flexibility index (Phi) is 3.06. The molecular weight excluding hydrogens is 289 g/mol. The van der Waals surface area contributed by atoms with E-state index in [-0.39, 0.29) is 11.2 Å². The molecule has 112 valence electrons. The van der Waals surface area contributed by atoms with Crippen LogP contribution in [0, 0.1) is 40.3 Å². The number of piperidine rings is 1. The number of aromatic nitrogens is 1. The Morgan fingerprint density at radius 2 is 2.22 bits per heavy atom. The maximum Gasteiger partial charge on any atom is 0.126 e. The maximum atomic E-state index is 13.6. The molecular formula is C19H14FN3. The number of nitriles is 1. The van der Waals surface area contributed by atoms with Gasteiger partial charge in [0.25, 0.3) is 0 Å². The lowest BCUT2D eigenvalue weighted by Crippen LogP contribution is -2.24. The number of rotatable bonds is 1. The standard InChI is InChI=1S/C19H14FN3/c20-16-7-14(11-21)8-18(9-16)23-12-15-10-19(15,13-23)5-4-17-3-1-2-6-22-17/h1-3,6-9,15H,10,12-13H2. The van der Waals surface area contributed by atoms with Crippen molar-refractivity contribution in [1.82, 2.24) is 4.98 Å². The van der Waals surface area contributed by atoms with Crippen molar-refractivity contribution in [3.05, 3.63) is 59.7 Å². The molecule has 0 N–H and O–H groups in total. The van der Waals surface area contributed by atoms with E-state index in [4.69, 9.17) is 5.26 Å². The van der Waals surface area contributed by atoms with Crippen molar-refractivity contribution in [1.29, 1.82) is 5.26 Å². The van der Waals surface area contributed by atoms with Crippen LogP contribution in [0.3, 0.4) is 0 Å². The first-order valence-corrected chi connectivity index (χ1v) is 7.58. The highest BCUT2D eigenvalue weighted by Gasteiger charge is 2.59. The van der Waals surface area contributed by atoms with E-state index in [0.717, 1.165) is 30.9 Å². The molecule has 1 saturated heterocycles. The molecule has 4 rings (SSSR count). The summed E-state index contributed by atoms with van der Waals surface area (Å²) in [5.74, 6) is 6.69. The molecule has 0 bridgehead atoms. The van der Waals surface area contributed by atoms with E-state index in [1.54, 1.807) is 12.3 Å². The van der Waals surface area contributed by atoms with Crippen LogP contribution in [0.4, 0.5) is 10.1 Å². The highest BCUT2D eigenvalue weighted by Crippen LogP contribution is 2.58. The summed E-state index contributed by atoms with van der Waals surface area (Å²) in [6, 6.07) is 12.2. The fourth-order valence-electron chi connectivity index (χ4n) is 3.32. The molecule has 2 atom stereocenters. The summed E-state index contributed by atoms with van der Waals surface area (Å²) in [5.41, 5.74) is 1.90. The van der Waals surface area contributed by atoms with Gasteiger partial charge in [0, 0.05) is 25.0 Å². The van der Waals surface area contributed by atoms with Gasteiger partial charge >= 0.3 is 0 Å². The molecule has 1 aliphatic heterocycles. The summed E-state index contributed by atoms with van der Waals surface area (Å²) in [5, 5.41) is 8.99. The lowest BCUT2D eigenvalue weighted by atomic mass is 10.1. The normalized spacial score (nSPS) is 24.3. The van der Waals surface area contributed by atoms with Crippen molar-refractivity contribution in [2.24, 2.45) is 11.3 Å². The predicted octanol–water partition coefficient (Wildman–Crippen LogP) is 2.97. The highest BCUT2D eigenvalue weighted by atomic mass is 19.1. The maximum absolute atomic E-state index is 13.6. The second-order valence-electron chi connectivity index (χ2n) is 6.21. The van der Waals surface area contributed by atoms with Crippen LogP contribution in [0.25, 0.3) is 0 Å². The Labute approximate surface area is 134 Å². The van der Waals surface area contributed by atoms with Crippen molar-refractivity contribution >= 4 is 5.69 Å². The summed E-state index contributed by atoms with van der Waals surface area (Å²) in [6.45, 7) is 1.65. The highest BCUT2D eigenvalue weighted by molar-refractivity contribution is 5.55. The van der Waals surface area contributed by atoms with Gasteiger partial charge in [-0.2, -0.15) is 5.26 Å². The Bertz CT molecular complexity index is 860. The smallest absolute Gasteiger partial charge is 0.126 e. The number of halogens is 1. The van der Waals surface area contributed by atoms with E-state index >= 15 is 0 Å². The zero-order valence-electron chi connectivity index (χ0n) is 12.5. The van der Waals surface area contributed by atoms with E-state index in [1.165, 1.54) is 12.1 Å². The lowest BCUT2D eigenvalue weighted by molar-refractivity contribution is 0.625. The Balaban J connectivity index is 1.56. The fourth-order valence-corrected chi connectivity index (χ4v) is 3.32. The molecule has 23 heavy (non-hydrogen) atoms. The zero-order valence-corrected chi connectivity index (χ0v) is 12.5. The fraction of sp³-hybridized carbons (Fsp3) is 0.263. The number of pyridine rings is 1. The molecule has 2 unspecified atom stereocenters. The minimum Gasteiger partial charge on any atom is -0.370 e. The quantitative estimate of drug-likeness (QED) is 0.760. The van der Waals surface area contributed by atoms with Gasteiger partial charge in [-0.3, -0.25) is 0 Å². The summed E-state index contributed by atoms with van der Waals surface area (Å²) >= 11 is 0. The van der Waals surface area contributed by atoms with Crippen molar-refractivity contribution in [2.45, 2.75) is 6.42 Å². The molecule has 2 heterocycles. The Morgan fingerprint density at radius 3 is 3.00 bits per heavy atom. The second kappa shape index (κ2) is 5.11. The molecule has 2 aromatic rings. The van der Waals surface area contributed by atoms with Crippen LogP contribution < -0.4 is 4.90 Å². The average molecular weight is 303 g/mol. The van der Waals surface area contributed by atoms with E-state index in [1.807, 2.05) is 24.3 Å².